The maximum Gasteiger partial charge on any atom is 0.222 e. The zero-order chi connectivity index (χ0) is 15.8. The van der Waals surface area contributed by atoms with Crippen LogP contribution >= 0.6 is 0 Å². The second-order valence-electron chi connectivity index (χ2n) is 6.37. The number of nitrogens with zero attached hydrogens (tertiary/aromatic N) is 1. The molecule has 0 fully saturated rings. The summed E-state index contributed by atoms with van der Waals surface area (Å²) in [7, 11) is 1.88. The largest absolute Gasteiger partial charge is 0.341 e. The van der Waals surface area contributed by atoms with Gasteiger partial charge in [0.05, 0.1) is 0 Å². The molecule has 21 heavy (non-hydrogen) atoms. The molecule has 0 aliphatic carbocycles. The first-order chi connectivity index (χ1) is 9.93. The maximum atomic E-state index is 12.1. The average Bonchev–Trinajstić information content (AvgIpc) is 2.45. The number of carbonyl (C=O) groups is 1. The smallest absolute Gasteiger partial charge is 0.222 e. The standard InChI is InChI=1S/C18H30N2O/c1-14(2)17-8-6-16(7-9-17)13-20(4)18(21)10-5-15(3)11-12-19/h6-9,14-15H,5,10-13,19H2,1-4H3. The van der Waals surface area contributed by atoms with Gasteiger partial charge in [-0.15, -0.1) is 0 Å². The first-order valence-corrected chi connectivity index (χ1v) is 7.97. The molecule has 1 aromatic carbocycles. The zero-order valence-electron chi connectivity index (χ0n) is 13.9. The SMILES string of the molecule is CC(CCN)CCC(=O)N(C)Cc1ccc(C(C)C)cc1. The highest BCUT2D eigenvalue weighted by molar-refractivity contribution is 5.75. The molecule has 0 saturated carbocycles. The molecule has 1 amide bonds. The van der Waals surface area contributed by atoms with Crippen LogP contribution in [0.2, 0.25) is 0 Å². The molecule has 0 bridgehead atoms. The van der Waals surface area contributed by atoms with E-state index in [1.165, 1.54) is 11.1 Å². The number of benzene rings is 1. The van der Waals surface area contributed by atoms with E-state index < -0.39 is 0 Å². The van der Waals surface area contributed by atoms with Crippen LogP contribution in [0.3, 0.4) is 0 Å². The normalized spacial score (nSPS) is 12.5. The van der Waals surface area contributed by atoms with Crippen molar-refractivity contribution in [1.82, 2.24) is 4.90 Å². The monoisotopic (exact) mass is 290 g/mol. The van der Waals surface area contributed by atoms with Crippen molar-refractivity contribution in [3.05, 3.63) is 35.4 Å². The molecule has 2 N–H and O–H groups in total. The Morgan fingerprint density at radius 3 is 2.29 bits per heavy atom. The molecule has 0 saturated heterocycles. The van der Waals surface area contributed by atoms with Crippen LogP contribution < -0.4 is 5.73 Å². The third-order valence-corrected chi connectivity index (χ3v) is 4.00. The lowest BCUT2D eigenvalue weighted by Gasteiger charge is -2.19. The number of carbonyl (C=O) groups excluding carboxylic acids is 1. The maximum absolute atomic E-state index is 12.1. The van der Waals surface area contributed by atoms with E-state index in [2.05, 4.69) is 45.0 Å². The van der Waals surface area contributed by atoms with Gasteiger partial charge in [-0.2, -0.15) is 0 Å². The predicted octanol–water partition coefficient (Wildman–Crippen LogP) is 3.53. The van der Waals surface area contributed by atoms with Gasteiger partial charge in [0.1, 0.15) is 0 Å². The lowest BCUT2D eigenvalue weighted by atomic mass is 10.0. The third kappa shape index (κ3) is 6.30. The Balaban J connectivity index is 2.44. The molecule has 0 aliphatic heterocycles. The molecule has 0 aliphatic rings. The molecule has 1 aromatic rings. The predicted molar refractivity (Wildman–Crippen MR) is 89.1 cm³/mol. The minimum atomic E-state index is 0.215. The summed E-state index contributed by atoms with van der Waals surface area (Å²) < 4.78 is 0. The molecule has 0 aromatic heterocycles. The fourth-order valence-electron chi connectivity index (χ4n) is 2.36. The summed E-state index contributed by atoms with van der Waals surface area (Å²) in [5, 5.41) is 0. The van der Waals surface area contributed by atoms with Gasteiger partial charge in [-0.05, 0) is 42.3 Å². The Kier molecular flexibility index (Phi) is 7.44. The van der Waals surface area contributed by atoms with E-state index in [9.17, 15) is 4.79 Å². The van der Waals surface area contributed by atoms with Gasteiger partial charge >= 0.3 is 0 Å². The summed E-state index contributed by atoms with van der Waals surface area (Å²) in [5.74, 6) is 1.28. The summed E-state index contributed by atoms with van der Waals surface area (Å²) >= 11 is 0. The number of rotatable bonds is 8. The van der Waals surface area contributed by atoms with E-state index in [0.29, 0.717) is 31.3 Å². The van der Waals surface area contributed by atoms with Gasteiger partial charge in [0.25, 0.3) is 0 Å². The van der Waals surface area contributed by atoms with E-state index in [-0.39, 0.29) is 5.91 Å². The number of amides is 1. The molecular formula is C18H30N2O. The molecule has 1 unspecified atom stereocenters. The highest BCUT2D eigenvalue weighted by atomic mass is 16.2. The van der Waals surface area contributed by atoms with Gasteiger partial charge in [-0.3, -0.25) is 4.79 Å². The average molecular weight is 290 g/mol. The fourth-order valence-corrected chi connectivity index (χ4v) is 2.36. The van der Waals surface area contributed by atoms with E-state index in [0.717, 1.165) is 12.8 Å². The van der Waals surface area contributed by atoms with Gasteiger partial charge in [0, 0.05) is 20.0 Å². The molecule has 0 radical (unpaired) electrons. The van der Waals surface area contributed by atoms with Gasteiger partial charge in [0.2, 0.25) is 5.91 Å². The van der Waals surface area contributed by atoms with Crippen molar-refractivity contribution in [2.24, 2.45) is 11.7 Å². The van der Waals surface area contributed by atoms with Crippen LogP contribution in [0.5, 0.6) is 0 Å². The topological polar surface area (TPSA) is 46.3 Å². The lowest BCUT2D eigenvalue weighted by Crippen LogP contribution is -2.26. The van der Waals surface area contributed by atoms with E-state index in [4.69, 9.17) is 5.73 Å². The van der Waals surface area contributed by atoms with Crippen molar-refractivity contribution < 1.29 is 4.79 Å². The third-order valence-electron chi connectivity index (χ3n) is 4.00. The second kappa shape index (κ2) is 8.83. The van der Waals surface area contributed by atoms with Gasteiger partial charge < -0.3 is 10.6 Å². The second-order valence-corrected chi connectivity index (χ2v) is 6.37. The van der Waals surface area contributed by atoms with Crippen molar-refractivity contribution in [2.75, 3.05) is 13.6 Å². The summed E-state index contributed by atoms with van der Waals surface area (Å²) in [4.78, 5) is 13.9. The minimum absolute atomic E-state index is 0.215. The van der Waals surface area contributed by atoms with Crippen LogP contribution in [0.15, 0.2) is 24.3 Å². The van der Waals surface area contributed by atoms with Crippen LogP contribution in [0.1, 0.15) is 57.1 Å². The molecule has 0 heterocycles. The van der Waals surface area contributed by atoms with Crippen molar-refractivity contribution in [2.45, 2.75) is 52.5 Å². The van der Waals surface area contributed by atoms with E-state index in [1.54, 1.807) is 0 Å². The van der Waals surface area contributed by atoms with Crippen LogP contribution in [0, 0.1) is 5.92 Å². The van der Waals surface area contributed by atoms with Crippen molar-refractivity contribution in [3.8, 4) is 0 Å². The molecule has 0 spiro atoms. The first kappa shape index (κ1) is 17.7. The number of hydrogen-bond acceptors (Lipinski definition) is 2. The van der Waals surface area contributed by atoms with E-state index in [1.807, 2.05) is 11.9 Å². The van der Waals surface area contributed by atoms with Crippen molar-refractivity contribution >= 4 is 5.91 Å². The highest BCUT2D eigenvalue weighted by Gasteiger charge is 2.11. The Labute approximate surface area is 129 Å². The quantitative estimate of drug-likeness (QED) is 0.796. The number of nitrogens with two attached hydrogens (primary N) is 1. The van der Waals surface area contributed by atoms with Crippen molar-refractivity contribution in [3.63, 3.8) is 0 Å². The minimum Gasteiger partial charge on any atom is -0.341 e. The van der Waals surface area contributed by atoms with Crippen LogP contribution in [0.25, 0.3) is 0 Å². The molecule has 3 nitrogen and oxygen atoms in total. The Morgan fingerprint density at radius 1 is 1.14 bits per heavy atom. The summed E-state index contributed by atoms with van der Waals surface area (Å²) in [6.45, 7) is 7.92. The van der Waals surface area contributed by atoms with Crippen LogP contribution in [0.4, 0.5) is 0 Å². The Morgan fingerprint density at radius 2 is 1.76 bits per heavy atom. The van der Waals surface area contributed by atoms with Gasteiger partial charge in [-0.25, -0.2) is 0 Å². The molecule has 1 rings (SSSR count). The first-order valence-electron chi connectivity index (χ1n) is 7.97. The summed E-state index contributed by atoms with van der Waals surface area (Å²) in [6, 6.07) is 8.55. The lowest BCUT2D eigenvalue weighted by molar-refractivity contribution is -0.130. The summed E-state index contributed by atoms with van der Waals surface area (Å²) in [5.41, 5.74) is 8.06. The van der Waals surface area contributed by atoms with Crippen molar-refractivity contribution in [1.29, 1.82) is 0 Å². The molecule has 1 atom stereocenters. The fraction of sp³-hybridized carbons (Fsp3) is 0.611. The summed E-state index contributed by atoms with van der Waals surface area (Å²) in [6.07, 6.45) is 2.53. The molecular weight excluding hydrogens is 260 g/mol. The van der Waals surface area contributed by atoms with Crippen LogP contribution in [-0.2, 0) is 11.3 Å². The van der Waals surface area contributed by atoms with Gasteiger partial charge in [-0.1, -0.05) is 45.0 Å². The zero-order valence-corrected chi connectivity index (χ0v) is 13.9. The molecule has 118 valence electrons. The number of hydrogen-bond donors (Lipinski definition) is 1. The Hall–Kier alpha value is -1.35. The molecule has 3 heteroatoms. The van der Waals surface area contributed by atoms with E-state index >= 15 is 0 Å². The Bertz CT molecular complexity index is 425. The van der Waals surface area contributed by atoms with Crippen LogP contribution in [-0.4, -0.2) is 24.4 Å². The highest BCUT2D eigenvalue weighted by Crippen LogP contribution is 2.16. The van der Waals surface area contributed by atoms with Gasteiger partial charge in [0.15, 0.2) is 0 Å².